The van der Waals surface area contributed by atoms with Gasteiger partial charge in [-0.05, 0) is 37.5 Å². The Bertz CT molecular complexity index is 1340. The highest BCUT2D eigenvalue weighted by Gasteiger charge is 2.30. The second-order valence-electron chi connectivity index (χ2n) is 9.25. The van der Waals surface area contributed by atoms with E-state index in [0.717, 1.165) is 19.3 Å². The molecular formula is C27H30N4O5. The summed E-state index contributed by atoms with van der Waals surface area (Å²) in [4.78, 5) is 41.0. The standard InChI is InChI=1S/C27H30N4O5/c1-2-3-6-13-31-26(33)21-8-5-4-7-20(21)24(29-31)27(34)30-14-11-18(12-15-30)25(32)28-19-9-10-22-23(16-19)36-17-35-22/h4-5,7-10,16,18H,2-3,6,11-15,17H2,1H3,(H,28,32). The predicted molar refractivity (Wildman–Crippen MR) is 135 cm³/mol. The second-order valence-corrected chi connectivity index (χ2v) is 9.25. The van der Waals surface area contributed by atoms with Gasteiger partial charge in [0.15, 0.2) is 17.2 Å². The minimum atomic E-state index is -0.204. The lowest BCUT2D eigenvalue weighted by Gasteiger charge is -2.31. The van der Waals surface area contributed by atoms with Gasteiger partial charge in [0.2, 0.25) is 12.7 Å². The number of hydrogen-bond acceptors (Lipinski definition) is 6. The van der Waals surface area contributed by atoms with E-state index in [1.54, 1.807) is 41.3 Å². The maximum absolute atomic E-state index is 13.5. The summed E-state index contributed by atoms with van der Waals surface area (Å²) in [6, 6.07) is 12.5. The maximum Gasteiger partial charge on any atom is 0.274 e. The SMILES string of the molecule is CCCCCn1nc(C(=O)N2CCC(C(=O)Nc3ccc4c(c3)OCO4)CC2)c2ccccc2c1=O. The number of aromatic nitrogens is 2. The van der Waals surface area contributed by atoms with Gasteiger partial charge in [0.25, 0.3) is 11.5 Å². The highest BCUT2D eigenvalue weighted by Crippen LogP contribution is 2.34. The van der Waals surface area contributed by atoms with E-state index in [1.807, 2.05) is 6.07 Å². The number of amides is 2. The van der Waals surface area contributed by atoms with Crippen molar-refractivity contribution in [1.82, 2.24) is 14.7 Å². The Morgan fingerprint density at radius 1 is 1.03 bits per heavy atom. The lowest BCUT2D eigenvalue weighted by atomic mass is 9.95. The van der Waals surface area contributed by atoms with Crippen LogP contribution in [-0.2, 0) is 11.3 Å². The molecular weight excluding hydrogens is 460 g/mol. The van der Waals surface area contributed by atoms with Crippen LogP contribution in [0.25, 0.3) is 10.8 Å². The van der Waals surface area contributed by atoms with Crippen LogP contribution in [-0.4, -0.2) is 46.4 Å². The molecule has 0 spiro atoms. The Morgan fingerprint density at radius 2 is 1.78 bits per heavy atom. The monoisotopic (exact) mass is 490 g/mol. The third-order valence-corrected chi connectivity index (χ3v) is 6.84. The molecule has 9 nitrogen and oxygen atoms in total. The summed E-state index contributed by atoms with van der Waals surface area (Å²) in [5, 5.41) is 8.52. The van der Waals surface area contributed by atoms with E-state index in [2.05, 4.69) is 17.3 Å². The molecule has 9 heteroatoms. The van der Waals surface area contributed by atoms with Crippen LogP contribution < -0.4 is 20.3 Å². The molecule has 188 valence electrons. The molecule has 2 aromatic carbocycles. The number of carbonyl (C=O) groups excluding carboxylic acids is 2. The first kappa shape index (κ1) is 23.8. The molecule has 0 unspecified atom stereocenters. The fraction of sp³-hybridized carbons (Fsp3) is 0.407. The van der Waals surface area contributed by atoms with E-state index in [0.29, 0.717) is 66.1 Å². The van der Waals surface area contributed by atoms with Crippen molar-refractivity contribution < 1.29 is 19.1 Å². The number of benzene rings is 2. The average Bonchev–Trinajstić information content (AvgIpc) is 3.38. The zero-order valence-corrected chi connectivity index (χ0v) is 20.4. The van der Waals surface area contributed by atoms with Crippen LogP contribution in [0.2, 0.25) is 0 Å². The van der Waals surface area contributed by atoms with E-state index in [9.17, 15) is 14.4 Å². The first-order valence-corrected chi connectivity index (χ1v) is 12.5. The number of ether oxygens (including phenoxy) is 2. The van der Waals surface area contributed by atoms with Crippen molar-refractivity contribution in [1.29, 1.82) is 0 Å². The summed E-state index contributed by atoms with van der Waals surface area (Å²) in [6.45, 7) is 3.66. The predicted octanol–water partition coefficient (Wildman–Crippen LogP) is 3.81. The summed E-state index contributed by atoms with van der Waals surface area (Å²) in [6.07, 6.45) is 3.96. The molecule has 0 saturated carbocycles. The van der Waals surface area contributed by atoms with Crippen molar-refractivity contribution in [2.45, 2.75) is 45.6 Å². The van der Waals surface area contributed by atoms with Gasteiger partial charge in [0.1, 0.15) is 0 Å². The number of unbranched alkanes of at least 4 members (excludes halogenated alkanes) is 2. The first-order valence-electron chi connectivity index (χ1n) is 12.5. The molecule has 1 N–H and O–H groups in total. The highest BCUT2D eigenvalue weighted by atomic mass is 16.7. The van der Waals surface area contributed by atoms with Gasteiger partial charge in [0, 0.05) is 42.7 Å². The van der Waals surface area contributed by atoms with Gasteiger partial charge in [-0.2, -0.15) is 5.10 Å². The molecule has 1 saturated heterocycles. The smallest absolute Gasteiger partial charge is 0.274 e. The van der Waals surface area contributed by atoms with Crippen molar-refractivity contribution in [3.8, 4) is 11.5 Å². The molecule has 5 rings (SSSR count). The molecule has 0 atom stereocenters. The van der Waals surface area contributed by atoms with Crippen LogP contribution in [0.3, 0.4) is 0 Å². The normalized spacial score (nSPS) is 15.3. The van der Waals surface area contributed by atoms with Crippen LogP contribution in [0.15, 0.2) is 47.3 Å². The van der Waals surface area contributed by atoms with Crippen molar-refractivity contribution >= 4 is 28.3 Å². The van der Waals surface area contributed by atoms with Crippen LogP contribution in [0.5, 0.6) is 11.5 Å². The van der Waals surface area contributed by atoms with E-state index in [1.165, 1.54) is 4.68 Å². The molecule has 2 aliphatic rings. The van der Waals surface area contributed by atoms with Crippen molar-refractivity contribution in [3.05, 3.63) is 58.5 Å². The number of fused-ring (bicyclic) bond motifs is 2. The lowest BCUT2D eigenvalue weighted by Crippen LogP contribution is -2.42. The number of anilines is 1. The molecule has 3 heterocycles. The Balaban J connectivity index is 1.27. The molecule has 36 heavy (non-hydrogen) atoms. The van der Waals surface area contributed by atoms with E-state index < -0.39 is 0 Å². The molecule has 0 radical (unpaired) electrons. The zero-order valence-electron chi connectivity index (χ0n) is 20.4. The minimum absolute atomic E-state index is 0.0750. The summed E-state index contributed by atoms with van der Waals surface area (Å²) in [7, 11) is 0. The van der Waals surface area contributed by atoms with E-state index >= 15 is 0 Å². The van der Waals surface area contributed by atoms with Crippen LogP contribution in [0, 0.1) is 5.92 Å². The number of rotatable bonds is 7. The lowest BCUT2D eigenvalue weighted by molar-refractivity contribution is -0.121. The third kappa shape index (κ3) is 4.78. The van der Waals surface area contributed by atoms with Gasteiger partial charge in [-0.1, -0.05) is 38.0 Å². The fourth-order valence-electron chi connectivity index (χ4n) is 4.77. The van der Waals surface area contributed by atoms with Crippen LogP contribution in [0.1, 0.15) is 49.5 Å². The number of likely N-dealkylation sites (tertiary alicyclic amines) is 1. The molecule has 1 fully saturated rings. The molecule has 2 aliphatic heterocycles. The van der Waals surface area contributed by atoms with Crippen LogP contribution in [0.4, 0.5) is 5.69 Å². The van der Waals surface area contributed by atoms with Gasteiger partial charge in [-0.25, -0.2) is 4.68 Å². The Kier molecular flexibility index (Phi) is 6.88. The molecule has 2 amide bonds. The Labute approximate surface area is 209 Å². The zero-order chi connectivity index (χ0) is 25.1. The minimum Gasteiger partial charge on any atom is -0.454 e. The summed E-state index contributed by atoms with van der Waals surface area (Å²) < 4.78 is 12.1. The molecule has 0 bridgehead atoms. The number of carbonyl (C=O) groups is 2. The number of aryl methyl sites for hydroxylation is 1. The highest BCUT2D eigenvalue weighted by molar-refractivity contribution is 6.05. The summed E-state index contributed by atoms with van der Waals surface area (Å²) >= 11 is 0. The molecule has 1 aromatic heterocycles. The topological polar surface area (TPSA) is 103 Å². The van der Waals surface area contributed by atoms with Gasteiger partial charge < -0.3 is 19.7 Å². The largest absolute Gasteiger partial charge is 0.454 e. The van der Waals surface area contributed by atoms with E-state index in [-0.39, 0.29) is 30.1 Å². The maximum atomic E-state index is 13.5. The molecule has 0 aliphatic carbocycles. The second kappa shape index (κ2) is 10.4. The van der Waals surface area contributed by atoms with Crippen molar-refractivity contribution in [2.24, 2.45) is 5.92 Å². The van der Waals surface area contributed by atoms with E-state index in [4.69, 9.17) is 9.47 Å². The van der Waals surface area contributed by atoms with Crippen molar-refractivity contribution in [2.75, 3.05) is 25.2 Å². The number of nitrogens with zero attached hydrogens (tertiary/aromatic N) is 3. The Morgan fingerprint density at radius 3 is 2.56 bits per heavy atom. The number of nitrogens with one attached hydrogen (secondary N) is 1. The van der Waals surface area contributed by atoms with Gasteiger partial charge in [-0.3, -0.25) is 14.4 Å². The molecule has 3 aromatic rings. The average molecular weight is 491 g/mol. The van der Waals surface area contributed by atoms with Crippen molar-refractivity contribution in [3.63, 3.8) is 0 Å². The number of hydrogen-bond donors (Lipinski definition) is 1. The van der Waals surface area contributed by atoms with Gasteiger partial charge in [0.05, 0.1) is 5.39 Å². The quantitative estimate of drug-likeness (QED) is 0.506. The van der Waals surface area contributed by atoms with Gasteiger partial charge >= 0.3 is 0 Å². The van der Waals surface area contributed by atoms with Crippen LogP contribution >= 0.6 is 0 Å². The first-order chi connectivity index (χ1) is 17.5. The number of piperidine rings is 1. The summed E-state index contributed by atoms with van der Waals surface area (Å²) in [5.74, 6) is 0.799. The fourth-order valence-corrected chi connectivity index (χ4v) is 4.77. The third-order valence-electron chi connectivity index (χ3n) is 6.84. The Hall–Kier alpha value is -3.88. The summed E-state index contributed by atoms with van der Waals surface area (Å²) in [5.41, 5.74) is 0.783. The van der Waals surface area contributed by atoms with Gasteiger partial charge in [-0.15, -0.1) is 0 Å².